The number of amides is 1. The lowest BCUT2D eigenvalue weighted by molar-refractivity contribution is 0.0934. The molecule has 2 atom stereocenters. The molecule has 4 rings (SSSR count). The quantitative estimate of drug-likeness (QED) is 0.724. The molecule has 1 aliphatic carbocycles. The van der Waals surface area contributed by atoms with Gasteiger partial charge in [0.25, 0.3) is 5.91 Å². The number of benzene rings is 1. The lowest BCUT2D eigenvalue weighted by atomic mass is 9.69. The SMILES string of the molecule is CCC(C)(C)[C@@H]1CCc2c(sc3c2C(=O)N[C@@H](c2ccccc2O)N3)C1. The van der Waals surface area contributed by atoms with E-state index in [0.717, 1.165) is 29.8 Å². The number of hydrogen-bond donors (Lipinski definition) is 3. The number of rotatable bonds is 3. The van der Waals surface area contributed by atoms with Crippen LogP contribution in [0.3, 0.4) is 0 Å². The number of anilines is 1. The van der Waals surface area contributed by atoms with Gasteiger partial charge in [-0.3, -0.25) is 4.79 Å². The van der Waals surface area contributed by atoms with E-state index in [4.69, 9.17) is 0 Å². The van der Waals surface area contributed by atoms with Gasteiger partial charge in [-0.1, -0.05) is 45.4 Å². The second-order valence-corrected chi connectivity index (χ2v) is 9.20. The Morgan fingerprint density at radius 3 is 2.77 bits per heavy atom. The summed E-state index contributed by atoms with van der Waals surface area (Å²) in [5, 5.41) is 17.5. The molecule has 1 aromatic heterocycles. The molecule has 4 nitrogen and oxygen atoms in total. The van der Waals surface area contributed by atoms with Gasteiger partial charge in [0.05, 0.1) is 5.56 Å². The standard InChI is InChI=1S/C21H26N2O2S/c1-4-21(2,3)12-9-10-14-16(11-12)26-20-17(14)19(25)22-18(23-20)13-7-5-6-8-15(13)24/h5-8,12,18,23-24H,4,9-11H2,1-3H3,(H,22,25)/t12-,18-/m1/s1. The Morgan fingerprint density at radius 2 is 2.04 bits per heavy atom. The van der Waals surface area contributed by atoms with E-state index in [9.17, 15) is 9.90 Å². The van der Waals surface area contributed by atoms with E-state index >= 15 is 0 Å². The van der Waals surface area contributed by atoms with Gasteiger partial charge in [0.15, 0.2) is 0 Å². The zero-order valence-electron chi connectivity index (χ0n) is 15.6. The summed E-state index contributed by atoms with van der Waals surface area (Å²) < 4.78 is 0. The zero-order valence-corrected chi connectivity index (χ0v) is 16.4. The van der Waals surface area contributed by atoms with Gasteiger partial charge in [0.2, 0.25) is 0 Å². The Balaban J connectivity index is 1.65. The minimum absolute atomic E-state index is 0.0299. The molecule has 2 aromatic rings. The van der Waals surface area contributed by atoms with Crippen LogP contribution in [0.25, 0.3) is 0 Å². The van der Waals surface area contributed by atoms with Crippen LogP contribution in [0.2, 0.25) is 0 Å². The van der Waals surface area contributed by atoms with E-state index in [1.54, 1.807) is 23.5 Å². The predicted octanol–water partition coefficient (Wildman–Crippen LogP) is 4.85. The van der Waals surface area contributed by atoms with Crippen LogP contribution in [0.4, 0.5) is 5.00 Å². The molecule has 1 amide bonds. The second kappa shape index (κ2) is 6.31. The van der Waals surface area contributed by atoms with E-state index in [2.05, 4.69) is 31.4 Å². The van der Waals surface area contributed by atoms with Crippen molar-refractivity contribution in [2.45, 2.75) is 52.6 Å². The first-order chi connectivity index (χ1) is 12.4. The van der Waals surface area contributed by atoms with Crippen molar-refractivity contribution in [2.24, 2.45) is 11.3 Å². The summed E-state index contributed by atoms with van der Waals surface area (Å²) in [5.41, 5.74) is 3.08. The Labute approximate surface area is 158 Å². The summed E-state index contributed by atoms with van der Waals surface area (Å²) in [6.45, 7) is 6.98. The average Bonchev–Trinajstić information content (AvgIpc) is 3.00. The molecular formula is C21H26N2O2S. The number of thiophene rings is 1. The van der Waals surface area contributed by atoms with Crippen molar-refractivity contribution < 1.29 is 9.90 Å². The van der Waals surface area contributed by atoms with Gasteiger partial charge in [-0.2, -0.15) is 0 Å². The van der Waals surface area contributed by atoms with Crippen LogP contribution in [0, 0.1) is 11.3 Å². The van der Waals surface area contributed by atoms with Crippen molar-refractivity contribution in [3.63, 3.8) is 0 Å². The molecule has 0 saturated carbocycles. The molecule has 1 aromatic carbocycles. The second-order valence-electron chi connectivity index (χ2n) is 8.10. The fourth-order valence-electron chi connectivity index (χ4n) is 4.14. The molecule has 0 saturated heterocycles. The highest BCUT2D eigenvalue weighted by Gasteiger charge is 2.37. The number of nitrogens with one attached hydrogen (secondary N) is 2. The smallest absolute Gasteiger partial charge is 0.256 e. The first kappa shape index (κ1) is 17.4. The van der Waals surface area contributed by atoms with Gasteiger partial charge in [-0.15, -0.1) is 11.3 Å². The van der Waals surface area contributed by atoms with E-state index in [1.807, 2.05) is 12.1 Å². The Hall–Kier alpha value is -2.01. The average molecular weight is 371 g/mol. The van der Waals surface area contributed by atoms with Crippen LogP contribution in [0.1, 0.15) is 66.1 Å². The number of para-hydroxylation sites is 1. The topological polar surface area (TPSA) is 61.4 Å². The molecule has 0 spiro atoms. The zero-order chi connectivity index (χ0) is 18.5. The Bertz CT molecular complexity index is 856. The summed E-state index contributed by atoms with van der Waals surface area (Å²) in [4.78, 5) is 14.2. The van der Waals surface area contributed by atoms with Crippen molar-refractivity contribution in [2.75, 3.05) is 5.32 Å². The van der Waals surface area contributed by atoms with Gasteiger partial charge in [0.1, 0.15) is 16.9 Å². The van der Waals surface area contributed by atoms with E-state index in [1.165, 1.54) is 16.9 Å². The van der Waals surface area contributed by atoms with E-state index < -0.39 is 0 Å². The maximum Gasteiger partial charge on any atom is 0.256 e. The summed E-state index contributed by atoms with van der Waals surface area (Å²) in [7, 11) is 0. The fourth-order valence-corrected chi connectivity index (χ4v) is 5.49. The normalized spacial score (nSPS) is 22.2. The van der Waals surface area contributed by atoms with Crippen molar-refractivity contribution >= 4 is 22.2 Å². The van der Waals surface area contributed by atoms with Crippen LogP contribution in [0.15, 0.2) is 24.3 Å². The van der Waals surface area contributed by atoms with E-state index in [-0.39, 0.29) is 17.8 Å². The third-order valence-electron chi connectivity index (χ3n) is 6.31. The van der Waals surface area contributed by atoms with Crippen molar-refractivity contribution in [3.8, 4) is 5.75 Å². The number of carbonyl (C=O) groups is 1. The molecule has 0 fully saturated rings. The monoisotopic (exact) mass is 370 g/mol. The fraction of sp³-hybridized carbons (Fsp3) is 0.476. The van der Waals surface area contributed by atoms with Crippen molar-refractivity contribution in [1.82, 2.24) is 5.32 Å². The minimum atomic E-state index is -0.390. The molecule has 138 valence electrons. The molecule has 2 heterocycles. The minimum Gasteiger partial charge on any atom is -0.508 e. The molecule has 5 heteroatoms. The first-order valence-electron chi connectivity index (χ1n) is 9.40. The number of hydrogen-bond acceptors (Lipinski definition) is 4. The lowest BCUT2D eigenvalue weighted by Gasteiger charge is -2.36. The molecular weight excluding hydrogens is 344 g/mol. The molecule has 0 bridgehead atoms. The Morgan fingerprint density at radius 1 is 1.27 bits per heavy atom. The van der Waals surface area contributed by atoms with Gasteiger partial charge in [0, 0.05) is 10.4 Å². The van der Waals surface area contributed by atoms with Crippen LogP contribution in [-0.4, -0.2) is 11.0 Å². The van der Waals surface area contributed by atoms with Gasteiger partial charge in [-0.05, 0) is 42.2 Å². The van der Waals surface area contributed by atoms with Crippen LogP contribution >= 0.6 is 11.3 Å². The van der Waals surface area contributed by atoms with E-state index in [0.29, 0.717) is 16.9 Å². The Kier molecular flexibility index (Phi) is 4.22. The highest BCUT2D eigenvalue weighted by atomic mass is 32.1. The molecule has 0 unspecified atom stereocenters. The number of aromatic hydroxyl groups is 1. The lowest BCUT2D eigenvalue weighted by Crippen LogP contribution is -2.38. The number of carbonyl (C=O) groups excluding carboxylic acids is 1. The maximum atomic E-state index is 12.8. The third kappa shape index (κ3) is 2.78. The highest BCUT2D eigenvalue weighted by Crippen LogP contribution is 2.47. The number of fused-ring (bicyclic) bond motifs is 3. The molecule has 2 aliphatic rings. The summed E-state index contributed by atoms with van der Waals surface area (Å²) in [6, 6.07) is 7.14. The maximum absolute atomic E-state index is 12.8. The van der Waals surface area contributed by atoms with Crippen LogP contribution < -0.4 is 10.6 Å². The van der Waals surface area contributed by atoms with Crippen molar-refractivity contribution in [1.29, 1.82) is 0 Å². The number of phenols is 1. The molecule has 0 radical (unpaired) electrons. The molecule has 3 N–H and O–H groups in total. The highest BCUT2D eigenvalue weighted by molar-refractivity contribution is 7.16. The van der Waals surface area contributed by atoms with Gasteiger partial charge in [-0.25, -0.2) is 0 Å². The van der Waals surface area contributed by atoms with Crippen LogP contribution in [-0.2, 0) is 12.8 Å². The van der Waals surface area contributed by atoms with Gasteiger partial charge < -0.3 is 15.7 Å². The molecule has 26 heavy (non-hydrogen) atoms. The third-order valence-corrected chi connectivity index (χ3v) is 7.49. The summed E-state index contributed by atoms with van der Waals surface area (Å²) in [6.07, 6.45) is 3.97. The largest absolute Gasteiger partial charge is 0.508 e. The van der Waals surface area contributed by atoms with Crippen LogP contribution in [0.5, 0.6) is 5.75 Å². The van der Waals surface area contributed by atoms with Gasteiger partial charge >= 0.3 is 0 Å². The first-order valence-corrected chi connectivity index (χ1v) is 10.2. The molecule has 1 aliphatic heterocycles. The summed E-state index contributed by atoms with van der Waals surface area (Å²) in [5.74, 6) is 0.828. The predicted molar refractivity (Wildman–Crippen MR) is 106 cm³/mol. The summed E-state index contributed by atoms with van der Waals surface area (Å²) >= 11 is 1.72. The number of phenolic OH excluding ortho intramolecular Hbond substituents is 1. The van der Waals surface area contributed by atoms with Crippen molar-refractivity contribution in [3.05, 3.63) is 45.8 Å².